The quantitative estimate of drug-likeness (QED) is 0.423. The fourth-order valence-corrected chi connectivity index (χ4v) is 5.69. The second-order valence-corrected chi connectivity index (χ2v) is 11.8. The van der Waals surface area contributed by atoms with Crippen LogP contribution in [0.5, 0.6) is 17.2 Å². The van der Waals surface area contributed by atoms with Crippen LogP contribution in [-0.2, 0) is 16.4 Å². The molecule has 9 heteroatoms. The molecule has 1 heterocycles. The Morgan fingerprint density at radius 1 is 0.947 bits per heavy atom. The molecule has 4 rings (SSSR count). The first kappa shape index (κ1) is 27.5. The third kappa shape index (κ3) is 5.49. The molecular formula is C29H34N2O6S. The molecule has 1 aliphatic rings. The van der Waals surface area contributed by atoms with Crippen LogP contribution in [0.4, 0.5) is 0 Å². The van der Waals surface area contributed by atoms with Crippen molar-refractivity contribution in [1.29, 1.82) is 0 Å². The Balaban J connectivity index is 1.70. The van der Waals surface area contributed by atoms with Crippen LogP contribution in [0.1, 0.15) is 38.7 Å². The third-order valence-corrected chi connectivity index (χ3v) is 8.58. The molecule has 0 saturated carbocycles. The first-order valence-electron chi connectivity index (χ1n) is 12.3. The Morgan fingerprint density at radius 3 is 2.13 bits per heavy atom. The van der Waals surface area contributed by atoms with Crippen molar-refractivity contribution in [3.8, 4) is 17.2 Å². The topological polar surface area (TPSA) is 85.4 Å². The van der Waals surface area contributed by atoms with Crippen molar-refractivity contribution in [2.45, 2.75) is 31.2 Å². The first-order valence-corrected chi connectivity index (χ1v) is 13.8. The molecule has 202 valence electrons. The molecule has 1 atom stereocenters. The fraction of sp³-hybridized carbons (Fsp3) is 0.345. The summed E-state index contributed by atoms with van der Waals surface area (Å²) in [5.41, 5.74) is 4.59. The second kappa shape index (κ2) is 11.0. The van der Waals surface area contributed by atoms with Gasteiger partial charge in [-0.2, -0.15) is 0 Å². The van der Waals surface area contributed by atoms with Gasteiger partial charge in [0, 0.05) is 26.2 Å². The summed E-state index contributed by atoms with van der Waals surface area (Å²) in [6, 6.07) is 15.6. The minimum absolute atomic E-state index is 0.134. The Kier molecular flexibility index (Phi) is 7.99. The Bertz CT molecular complexity index is 1410. The zero-order valence-corrected chi connectivity index (χ0v) is 23.5. The molecule has 0 aromatic heterocycles. The van der Waals surface area contributed by atoms with Crippen LogP contribution in [0.15, 0.2) is 59.5 Å². The molecule has 8 nitrogen and oxygen atoms in total. The van der Waals surface area contributed by atoms with E-state index in [-0.39, 0.29) is 17.4 Å². The number of fused-ring (bicyclic) bond motifs is 1. The van der Waals surface area contributed by atoms with E-state index in [0.29, 0.717) is 30.0 Å². The molecule has 3 aromatic rings. The van der Waals surface area contributed by atoms with E-state index < -0.39 is 16.1 Å². The lowest BCUT2D eigenvalue weighted by atomic mass is 9.91. The number of benzene rings is 3. The lowest BCUT2D eigenvalue weighted by Crippen LogP contribution is -2.42. The smallest absolute Gasteiger partial charge is 0.254 e. The number of hydrogen-bond acceptors (Lipinski definition) is 6. The van der Waals surface area contributed by atoms with Gasteiger partial charge in [-0.1, -0.05) is 6.07 Å². The number of ether oxygens (including phenoxy) is 3. The van der Waals surface area contributed by atoms with Gasteiger partial charge in [0.1, 0.15) is 12.4 Å². The minimum Gasteiger partial charge on any atom is -0.493 e. The summed E-state index contributed by atoms with van der Waals surface area (Å²) in [5, 5.41) is 0. The molecule has 0 aliphatic carbocycles. The van der Waals surface area contributed by atoms with E-state index in [1.54, 1.807) is 31.3 Å². The lowest BCUT2D eigenvalue weighted by molar-refractivity contribution is 0.0589. The van der Waals surface area contributed by atoms with Crippen molar-refractivity contribution in [3.63, 3.8) is 0 Å². The predicted molar refractivity (Wildman–Crippen MR) is 146 cm³/mol. The maximum absolute atomic E-state index is 13.8. The van der Waals surface area contributed by atoms with E-state index in [0.717, 1.165) is 32.3 Å². The molecule has 0 bridgehead atoms. The summed E-state index contributed by atoms with van der Waals surface area (Å²) in [5.74, 6) is 1.75. The monoisotopic (exact) mass is 538 g/mol. The molecule has 3 aromatic carbocycles. The summed E-state index contributed by atoms with van der Waals surface area (Å²) in [7, 11) is 2.54. The number of rotatable bonds is 8. The number of carbonyl (C=O) groups is 1. The van der Waals surface area contributed by atoms with Crippen molar-refractivity contribution in [2.75, 3.05) is 41.5 Å². The average molecular weight is 539 g/mol. The molecule has 1 amide bonds. The average Bonchev–Trinajstić information content (AvgIpc) is 2.89. The number of aryl methyl sites for hydroxylation is 2. The SMILES string of the molecule is COc1cc2c(cc1OC)[C@H](COc1cc(C)cc(C)c1)N(C(=O)c1ccc(S(=O)(=O)N(C)C)cc1)CC2. The van der Waals surface area contributed by atoms with Crippen molar-refractivity contribution < 1.29 is 27.4 Å². The highest BCUT2D eigenvalue weighted by Crippen LogP contribution is 2.39. The fourth-order valence-electron chi connectivity index (χ4n) is 4.79. The summed E-state index contributed by atoms with van der Waals surface area (Å²) in [6.07, 6.45) is 0.634. The number of methoxy groups -OCH3 is 2. The van der Waals surface area contributed by atoms with Gasteiger partial charge in [0.2, 0.25) is 10.0 Å². The number of sulfonamides is 1. The lowest BCUT2D eigenvalue weighted by Gasteiger charge is -2.37. The molecule has 0 unspecified atom stereocenters. The number of carbonyl (C=O) groups excluding carboxylic acids is 1. The Labute approximate surface area is 224 Å². The van der Waals surface area contributed by atoms with Gasteiger partial charge >= 0.3 is 0 Å². The summed E-state index contributed by atoms with van der Waals surface area (Å²) in [4.78, 5) is 15.7. The van der Waals surface area contributed by atoms with Crippen molar-refractivity contribution in [1.82, 2.24) is 9.21 Å². The largest absolute Gasteiger partial charge is 0.493 e. The highest BCUT2D eigenvalue weighted by Gasteiger charge is 2.33. The molecule has 38 heavy (non-hydrogen) atoms. The van der Waals surface area contributed by atoms with Crippen LogP contribution in [-0.4, -0.2) is 65.0 Å². The Morgan fingerprint density at radius 2 is 1.55 bits per heavy atom. The van der Waals surface area contributed by atoms with E-state index in [1.807, 2.05) is 38.1 Å². The first-order chi connectivity index (χ1) is 18.0. The normalized spacial score (nSPS) is 15.2. The molecule has 0 saturated heterocycles. The van der Waals surface area contributed by atoms with Crippen LogP contribution < -0.4 is 14.2 Å². The van der Waals surface area contributed by atoms with E-state index >= 15 is 0 Å². The second-order valence-electron chi connectivity index (χ2n) is 9.62. The molecule has 0 spiro atoms. The van der Waals surface area contributed by atoms with E-state index in [9.17, 15) is 13.2 Å². The van der Waals surface area contributed by atoms with E-state index in [1.165, 1.54) is 26.2 Å². The van der Waals surface area contributed by atoms with Gasteiger partial charge in [0.05, 0.1) is 25.2 Å². The molecule has 0 N–H and O–H groups in total. The number of hydrogen-bond donors (Lipinski definition) is 0. The van der Waals surface area contributed by atoms with E-state index in [4.69, 9.17) is 14.2 Å². The van der Waals surface area contributed by atoms with E-state index in [2.05, 4.69) is 6.07 Å². The summed E-state index contributed by atoms with van der Waals surface area (Å²) < 4.78 is 43.4. The van der Waals surface area contributed by atoms with Gasteiger partial charge in [-0.25, -0.2) is 12.7 Å². The van der Waals surface area contributed by atoms with Gasteiger partial charge < -0.3 is 19.1 Å². The third-order valence-electron chi connectivity index (χ3n) is 6.75. The van der Waals surface area contributed by atoms with Crippen LogP contribution in [0.3, 0.4) is 0 Å². The van der Waals surface area contributed by atoms with Gasteiger partial charge in [0.25, 0.3) is 5.91 Å². The number of amides is 1. The van der Waals surface area contributed by atoms with Gasteiger partial charge in [-0.3, -0.25) is 4.79 Å². The van der Waals surface area contributed by atoms with Crippen LogP contribution in [0.25, 0.3) is 0 Å². The Hall–Kier alpha value is -3.56. The predicted octanol–water partition coefficient (Wildman–Crippen LogP) is 4.39. The minimum atomic E-state index is -3.59. The maximum Gasteiger partial charge on any atom is 0.254 e. The zero-order chi connectivity index (χ0) is 27.6. The summed E-state index contributed by atoms with van der Waals surface area (Å²) >= 11 is 0. The highest BCUT2D eigenvalue weighted by atomic mass is 32.2. The standard InChI is InChI=1S/C29H34N2O6S/c1-19-13-20(2)15-23(14-19)37-18-26-25-17-28(36-6)27(35-5)16-22(25)11-12-31(26)29(32)21-7-9-24(10-8-21)38(33,34)30(3)4/h7-10,13-17,26H,11-12,18H2,1-6H3/t26-/m0/s1. The van der Waals surface area contributed by atoms with Crippen molar-refractivity contribution in [2.24, 2.45) is 0 Å². The van der Waals surface area contributed by atoms with Crippen LogP contribution in [0.2, 0.25) is 0 Å². The van der Waals surface area contributed by atoms with Crippen LogP contribution in [0, 0.1) is 13.8 Å². The summed E-state index contributed by atoms with van der Waals surface area (Å²) in [6.45, 7) is 4.75. The van der Waals surface area contributed by atoms with Crippen molar-refractivity contribution >= 4 is 15.9 Å². The molecule has 0 radical (unpaired) electrons. The van der Waals surface area contributed by atoms with Gasteiger partial charge in [-0.05, 0) is 91.1 Å². The maximum atomic E-state index is 13.8. The molecule has 1 aliphatic heterocycles. The molecule has 0 fully saturated rings. The zero-order valence-electron chi connectivity index (χ0n) is 22.6. The van der Waals surface area contributed by atoms with Gasteiger partial charge in [0.15, 0.2) is 11.5 Å². The highest BCUT2D eigenvalue weighted by molar-refractivity contribution is 7.89. The van der Waals surface area contributed by atoms with Gasteiger partial charge in [-0.15, -0.1) is 0 Å². The van der Waals surface area contributed by atoms with Crippen LogP contribution >= 0.6 is 0 Å². The molecular weight excluding hydrogens is 504 g/mol. The number of nitrogens with zero attached hydrogens (tertiary/aromatic N) is 2. The van der Waals surface area contributed by atoms with Crippen molar-refractivity contribution in [3.05, 3.63) is 82.4 Å².